The van der Waals surface area contributed by atoms with Crippen molar-refractivity contribution in [2.24, 2.45) is 11.8 Å². The molecule has 0 fully saturated rings. The van der Waals surface area contributed by atoms with Crippen LogP contribution in [0.2, 0.25) is 0 Å². The molecule has 0 radical (unpaired) electrons. The molecule has 0 aromatic rings. The van der Waals surface area contributed by atoms with Crippen molar-refractivity contribution in [3.8, 4) is 0 Å². The van der Waals surface area contributed by atoms with Crippen molar-refractivity contribution in [2.75, 3.05) is 6.54 Å². The number of rotatable bonds is 9. The van der Waals surface area contributed by atoms with Crippen molar-refractivity contribution >= 4 is 17.8 Å². The van der Waals surface area contributed by atoms with E-state index in [1.54, 1.807) is 0 Å². The first-order valence-electron chi connectivity index (χ1n) is 6.95. The van der Waals surface area contributed by atoms with E-state index in [1.165, 1.54) is 11.8 Å². The summed E-state index contributed by atoms with van der Waals surface area (Å²) < 4.78 is 0. The minimum Gasteiger partial charge on any atom is -0.481 e. The lowest BCUT2D eigenvalue weighted by molar-refractivity contribution is -0.153. The van der Waals surface area contributed by atoms with Gasteiger partial charge in [-0.3, -0.25) is 9.59 Å². The average molecular weight is 287 g/mol. The van der Waals surface area contributed by atoms with Gasteiger partial charge in [-0.2, -0.15) is 0 Å². The van der Waals surface area contributed by atoms with Gasteiger partial charge in [0, 0.05) is 13.0 Å². The van der Waals surface area contributed by atoms with Crippen molar-refractivity contribution < 1.29 is 24.6 Å². The molecule has 20 heavy (non-hydrogen) atoms. The van der Waals surface area contributed by atoms with Crippen LogP contribution in [-0.4, -0.2) is 45.5 Å². The van der Waals surface area contributed by atoms with Gasteiger partial charge >= 0.3 is 11.9 Å². The first kappa shape index (κ1) is 18.4. The molecule has 2 N–H and O–H groups in total. The Morgan fingerprint density at radius 2 is 1.60 bits per heavy atom. The third-order valence-corrected chi connectivity index (χ3v) is 3.03. The molecule has 0 aromatic heterocycles. The second-order valence-electron chi connectivity index (χ2n) is 5.52. The van der Waals surface area contributed by atoms with E-state index in [0.29, 0.717) is 12.8 Å². The smallest absolute Gasteiger partial charge is 0.326 e. The fourth-order valence-electron chi connectivity index (χ4n) is 1.94. The number of hydrogen-bond acceptors (Lipinski definition) is 3. The molecule has 2 unspecified atom stereocenters. The number of nitrogens with zero attached hydrogens (tertiary/aromatic N) is 1. The fraction of sp³-hybridized carbons (Fsp3) is 0.786. The van der Waals surface area contributed by atoms with Gasteiger partial charge in [-0.15, -0.1) is 0 Å². The molecule has 6 heteroatoms. The zero-order chi connectivity index (χ0) is 15.9. The Kier molecular flexibility index (Phi) is 7.87. The van der Waals surface area contributed by atoms with Crippen LogP contribution in [0.3, 0.4) is 0 Å². The molecule has 0 saturated carbocycles. The molecule has 0 aliphatic rings. The minimum atomic E-state index is -1.08. The Hall–Kier alpha value is -1.59. The molecule has 0 heterocycles. The summed E-state index contributed by atoms with van der Waals surface area (Å²) in [7, 11) is 0. The highest BCUT2D eigenvalue weighted by Gasteiger charge is 2.32. The summed E-state index contributed by atoms with van der Waals surface area (Å²) in [6, 6.07) is -0.962. The van der Waals surface area contributed by atoms with Gasteiger partial charge in [-0.05, 0) is 18.8 Å². The maximum atomic E-state index is 12.1. The normalized spacial score (nSPS) is 13.8. The van der Waals surface area contributed by atoms with E-state index in [9.17, 15) is 19.5 Å². The largest absolute Gasteiger partial charge is 0.481 e. The van der Waals surface area contributed by atoms with Crippen LogP contribution in [0, 0.1) is 11.8 Å². The maximum absolute atomic E-state index is 12.1. The molecule has 116 valence electrons. The van der Waals surface area contributed by atoms with Gasteiger partial charge in [0.25, 0.3) is 0 Å². The summed E-state index contributed by atoms with van der Waals surface area (Å²) in [4.78, 5) is 35.7. The highest BCUT2D eigenvalue weighted by Crippen LogP contribution is 2.16. The molecule has 0 aromatic carbocycles. The topological polar surface area (TPSA) is 94.9 Å². The van der Waals surface area contributed by atoms with Gasteiger partial charge < -0.3 is 15.1 Å². The number of carbonyl (C=O) groups is 3. The lowest BCUT2D eigenvalue weighted by Gasteiger charge is -2.31. The van der Waals surface area contributed by atoms with Crippen LogP contribution in [0.15, 0.2) is 0 Å². The molecule has 0 saturated heterocycles. The Morgan fingerprint density at radius 3 is 1.95 bits per heavy atom. The SMILES string of the molecule is CCCC(=O)N(CC(C)C(=O)O)C(CC(C)C)C(=O)O. The van der Waals surface area contributed by atoms with E-state index < -0.39 is 23.9 Å². The average Bonchev–Trinajstić information content (AvgIpc) is 2.32. The van der Waals surface area contributed by atoms with E-state index in [2.05, 4.69) is 0 Å². The Balaban J connectivity index is 5.18. The maximum Gasteiger partial charge on any atom is 0.326 e. The van der Waals surface area contributed by atoms with Crippen LogP contribution < -0.4 is 0 Å². The number of carboxylic acid groups (broad SMARTS) is 2. The summed E-state index contributed by atoms with van der Waals surface area (Å²) >= 11 is 0. The van der Waals surface area contributed by atoms with Crippen LogP contribution in [0.25, 0.3) is 0 Å². The van der Waals surface area contributed by atoms with Crippen LogP contribution in [0.4, 0.5) is 0 Å². The predicted octanol–water partition coefficient (Wildman–Crippen LogP) is 1.84. The van der Waals surface area contributed by atoms with Gasteiger partial charge in [0.15, 0.2) is 0 Å². The first-order chi connectivity index (χ1) is 9.20. The number of carboxylic acids is 2. The van der Waals surface area contributed by atoms with Gasteiger partial charge in [0.05, 0.1) is 5.92 Å². The lowest BCUT2D eigenvalue weighted by Crippen LogP contribution is -2.48. The van der Waals surface area contributed by atoms with Crippen molar-refractivity contribution in [2.45, 2.75) is 53.0 Å². The Morgan fingerprint density at radius 1 is 1.05 bits per heavy atom. The second-order valence-corrected chi connectivity index (χ2v) is 5.52. The molecular formula is C14H25NO5. The summed E-state index contributed by atoms with van der Waals surface area (Å²) in [5, 5.41) is 18.3. The van der Waals surface area contributed by atoms with E-state index in [-0.39, 0.29) is 24.8 Å². The summed E-state index contributed by atoms with van der Waals surface area (Å²) in [5.74, 6) is -3.10. The van der Waals surface area contributed by atoms with Gasteiger partial charge in [-0.1, -0.05) is 27.7 Å². The summed E-state index contributed by atoms with van der Waals surface area (Å²) in [5.41, 5.74) is 0. The molecule has 6 nitrogen and oxygen atoms in total. The summed E-state index contributed by atoms with van der Waals surface area (Å²) in [6.45, 7) is 6.98. The molecular weight excluding hydrogens is 262 g/mol. The number of carbonyl (C=O) groups excluding carboxylic acids is 1. The Bertz CT molecular complexity index is 353. The lowest BCUT2D eigenvalue weighted by atomic mass is 10.0. The monoisotopic (exact) mass is 287 g/mol. The van der Waals surface area contributed by atoms with Gasteiger partial charge in [0.2, 0.25) is 5.91 Å². The molecule has 0 aliphatic heterocycles. The van der Waals surface area contributed by atoms with Gasteiger partial charge in [-0.25, -0.2) is 4.79 Å². The highest BCUT2D eigenvalue weighted by molar-refractivity contribution is 5.84. The molecule has 1 amide bonds. The third-order valence-electron chi connectivity index (χ3n) is 3.03. The van der Waals surface area contributed by atoms with E-state index in [1.807, 2.05) is 20.8 Å². The molecule has 0 aliphatic carbocycles. The highest BCUT2D eigenvalue weighted by atomic mass is 16.4. The number of aliphatic carboxylic acids is 2. The molecule has 2 atom stereocenters. The van der Waals surface area contributed by atoms with Gasteiger partial charge in [0.1, 0.15) is 6.04 Å². The first-order valence-corrected chi connectivity index (χ1v) is 6.95. The van der Waals surface area contributed by atoms with Crippen molar-refractivity contribution in [3.05, 3.63) is 0 Å². The standard InChI is InChI=1S/C14H25NO5/c1-5-6-12(16)15(8-10(4)13(17)18)11(14(19)20)7-9(2)3/h9-11H,5-8H2,1-4H3,(H,17,18)(H,19,20). The van der Waals surface area contributed by atoms with Crippen LogP contribution >= 0.6 is 0 Å². The fourth-order valence-corrected chi connectivity index (χ4v) is 1.94. The van der Waals surface area contributed by atoms with Crippen LogP contribution in [0.5, 0.6) is 0 Å². The quantitative estimate of drug-likeness (QED) is 0.674. The van der Waals surface area contributed by atoms with E-state index in [0.717, 1.165) is 0 Å². The van der Waals surface area contributed by atoms with Crippen LogP contribution in [-0.2, 0) is 14.4 Å². The van der Waals surface area contributed by atoms with Crippen LogP contribution in [0.1, 0.15) is 47.0 Å². The second kappa shape index (κ2) is 8.55. The molecule has 0 spiro atoms. The minimum absolute atomic E-state index is 0.0716. The van der Waals surface area contributed by atoms with E-state index in [4.69, 9.17) is 5.11 Å². The van der Waals surface area contributed by atoms with Crippen molar-refractivity contribution in [1.29, 1.82) is 0 Å². The third kappa shape index (κ3) is 6.04. The zero-order valence-electron chi connectivity index (χ0n) is 12.6. The number of amides is 1. The van der Waals surface area contributed by atoms with Crippen molar-refractivity contribution in [3.63, 3.8) is 0 Å². The van der Waals surface area contributed by atoms with Crippen molar-refractivity contribution in [1.82, 2.24) is 4.90 Å². The van der Waals surface area contributed by atoms with E-state index >= 15 is 0 Å². The predicted molar refractivity (Wildman–Crippen MR) is 74.3 cm³/mol. The molecule has 0 rings (SSSR count). The summed E-state index contributed by atoms with van der Waals surface area (Å²) in [6.07, 6.45) is 1.15. The molecule has 0 bridgehead atoms. The zero-order valence-corrected chi connectivity index (χ0v) is 12.6. The number of hydrogen-bond donors (Lipinski definition) is 2. The Labute approximate surface area is 119 Å².